The van der Waals surface area contributed by atoms with E-state index in [-0.39, 0.29) is 22.8 Å². The van der Waals surface area contributed by atoms with E-state index in [9.17, 15) is 17.6 Å². The van der Waals surface area contributed by atoms with E-state index in [0.717, 1.165) is 5.56 Å². The normalized spacial score (nSPS) is 12.5. The Morgan fingerprint density at radius 2 is 1.71 bits per heavy atom. The van der Waals surface area contributed by atoms with Gasteiger partial charge >= 0.3 is 0 Å². The number of para-hydroxylation sites is 1. The van der Waals surface area contributed by atoms with E-state index in [1.54, 1.807) is 23.6 Å². The Hall–Kier alpha value is -3.14. The minimum absolute atomic E-state index is 0.106. The Morgan fingerprint density at radius 1 is 1.00 bits per heavy atom. The number of carbonyl (C=O) groups excluding carboxylic acids is 1. The molecule has 1 heterocycles. The zero-order valence-corrected chi connectivity index (χ0v) is 20.4. The highest BCUT2D eigenvalue weighted by molar-refractivity contribution is 7.89. The molecule has 0 N–H and O–H groups in total. The van der Waals surface area contributed by atoms with Gasteiger partial charge in [0.2, 0.25) is 10.0 Å². The lowest BCUT2D eigenvalue weighted by atomic mass is 10.2. The van der Waals surface area contributed by atoms with Gasteiger partial charge in [-0.25, -0.2) is 12.8 Å². The zero-order valence-electron chi connectivity index (χ0n) is 18.8. The molecule has 0 atom stereocenters. The van der Waals surface area contributed by atoms with Crippen molar-refractivity contribution in [3.63, 3.8) is 0 Å². The lowest BCUT2D eigenvalue weighted by Crippen LogP contribution is -2.30. The van der Waals surface area contributed by atoms with Crippen LogP contribution in [0.5, 0.6) is 0 Å². The number of nitrogens with zero attached hydrogens (tertiary/aromatic N) is 3. The van der Waals surface area contributed by atoms with E-state index in [4.69, 9.17) is 0 Å². The first kappa shape index (κ1) is 24.0. The van der Waals surface area contributed by atoms with Crippen molar-refractivity contribution in [1.29, 1.82) is 0 Å². The minimum Gasteiger partial charge on any atom is -0.314 e. The smallest absolute Gasteiger partial charge is 0.279 e. The average molecular weight is 498 g/mol. The molecule has 0 radical (unpaired) electrons. The second-order valence-corrected chi connectivity index (χ2v) is 10.5. The summed E-state index contributed by atoms with van der Waals surface area (Å²) in [6, 6.07) is 19.9. The fourth-order valence-corrected chi connectivity index (χ4v) is 6.23. The molecule has 0 aliphatic rings. The van der Waals surface area contributed by atoms with Crippen molar-refractivity contribution in [2.75, 3.05) is 6.54 Å². The summed E-state index contributed by atoms with van der Waals surface area (Å²) in [5.74, 6) is -0.884. The largest absolute Gasteiger partial charge is 0.314 e. The Labute approximate surface area is 201 Å². The van der Waals surface area contributed by atoms with Crippen LogP contribution in [0, 0.1) is 5.82 Å². The van der Waals surface area contributed by atoms with Crippen molar-refractivity contribution in [2.24, 2.45) is 4.99 Å². The second kappa shape index (κ2) is 10.0. The number of aryl methyl sites for hydroxylation is 1. The quantitative estimate of drug-likeness (QED) is 0.368. The van der Waals surface area contributed by atoms with E-state index in [1.807, 2.05) is 37.3 Å². The first-order valence-electron chi connectivity index (χ1n) is 10.9. The summed E-state index contributed by atoms with van der Waals surface area (Å²) in [6.07, 6.45) is 0. The van der Waals surface area contributed by atoms with Crippen LogP contribution < -0.4 is 4.80 Å². The molecule has 4 rings (SSSR count). The predicted octanol–water partition coefficient (Wildman–Crippen LogP) is 4.81. The highest BCUT2D eigenvalue weighted by atomic mass is 32.2. The van der Waals surface area contributed by atoms with Crippen LogP contribution in [0.2, 0.25) is 0 Å². The van der Waals surface area contributed by atoms with E-state index in [1.165, 1.54) is 46.0 Å². The number of sulfonamides is 1. The number of halogens is 1. The first-order valence-corrected chi connectivity index (χ1v) is 13.1. The molecule has 176 valence electrons. The fourth-order valence-electron chi connectivity index (χ4n) is 3.69. The molecule has 0 saturated heterocycles. The molecular formula is C25H24FN3O3S2. The molecule has 0 unspecified atom stereocenters. The number of carbonyl (C=O) groups is 1. The molecular weight excluding hydrogens is 473 g/mol. The van der Waals surface area contributed by atoms with E-state index >= 15 is 0 Å². The molecule has 0 aliphatic heterocycles. The second-order valence-electron chi connectivity index (χ2n) is 7.57. The summed E-state index contributed by atoms with van der Waals surface area (Å²) in [4.78, 5) is 17.5. The van der Waals surface area contributed by atoms with E-state index in [2.05, 4.69) is 4.99 Å². The highest BCUT2D eigenvalue weighted by Crippen LogP contribution is 2.21. The molecule has 1 aromatic heterocycles. The van der Waals surface area contributed by atoms with Gasteiger partial charge in [-0.3, -0.25) is 4.79 Å². The Balaban J connectivity index is 1.62. The van der Waals surface area contributed by atoms with Crippen LogP contribution in [0.25, 0.3) is 10.2 Å². The highest BCUT2D eigenvalue weighted by Gasteiger charge is 2.23. The van der Waals surface area contributed by atoms with Gasteiger partial charge in [0.15, 0.2) is 4.80 Å². The van der Waals surface area contributed by atoms with Gasteiger partial charge in [-0.05, 0) is 48.9 Å². The van der Waals surface area contributed by atoms with Crippen molar-refractivity contribution in [2.45, 2.75) is 31.8 Å². The van der Waals surface area contributed by atoms with Crippen LogP contribution in [0.3, 0.4) is 0 Å². The van der Waals surface area contributed by atoms with Gasteiger partial charge in [0, 0.05) is 25.2 Å². The third-order valence-corrected chi connectivity index (χ3v) is 8.44. The Bertz CT molecular complexity index is 1490. The lowest BCUT2D eigenvalue weighted by molar-refractivity contribution is 0.0997. The molecule has 0 bridgehead atoms. The van der Waals surface area contributed by atoms with Gasteiger partial charge in [-0.2, -0.15) is 9.30 Å². The maximum atomic E-state index is 14.3. The third-order valence-electron chi connectivity index (χ3n) is 5.46. The molecule has 6 nitrogen and oxygen atoms in total. The standard InChI is InChI=1S/C25H24FN3O3S2/c1-3-28(17-18-9-6-5-7-10-18)34(31,32)20-15-13-19(14-16-20)24(30)27-25-29(4-2)23-21(26)11-8-12-22(23)33-25/h5-16H,3-4,17H2,1-2H3. The molecule has 0 fully saturated rings. The Morgan fingerprint density at radius 3 is 2.35 bits per heavy atom. The summed E-state index contributed by atoms with van der Waals surface area (Å²) in [5.41, 5.74) is 1.56. The fraction of sp³-hybridized carbons (Fsp3) is 0.200. The van der Waals surface area contributed by atoms with Crippen LogP contribution >= 0.6 is 11.3 Å². The SMILES string of the molecule is CCN(Cc1ccccc1)S(=O)(=O)c1ccc(C(=O)N=c2sc3cccc(F)c3n2CC)cc1. The van der Waals surface area contributed by atoms with E-state index < -0.39 is 15.9 Å². The molecule has 4 aromatic rings. The molecule has 34 heavy (non-hydrogen) atoms. The number of hydrogen-bond donors (Lipinski definition) is 0. The third kappa shape index (κ3) is 4.72. The maximum absolute atomic E-state index is 14.3. The number of benzene rings is 3. The van der Waals surface area contributed by atoms with Crippen LogP contribution in [-0.4, -0.2) is 29.7 Å². The Kier molecular flexibility index (Phi) is 7.06. The van der Waals surface area contributed by atoms with Crippen LogP contribution in [0.1, 0.15) is 29.8 Å². The van der Waals surface area contributed by atoms with Gasteiger partial charge < -0.3 is 4.57 Å². The molecule has 9 heteroatoms. The number of rotatable bonds is 7. The molecule has 3 aromatic carbocycles. The molecule has 1 amide bonds. The van der Waals surface area contributed by atoms with Crippen LogP contribution in [0.15, 0.2) is 82.7 Å². The lowest BCUT2D eigenvalue weighted by Gasteiger charge is -2.20. The van der Waals surface area contributed by atoms with Crippen LogP contribution in [-0.2, 0) is 23.1 Å². The summed E-state index contributed by atoms with van der Waals surface area (Å²) in [5, 5.41) is 0. The molecule has 0 aliphatic carbocycles. The monoisotopic (exact) mass is 497 g/mol. The van der Waals surface area contributed by atoms with E-state index in [0.29, 0.717) is 28.1 Å². The molecule has 0 saturated carbocycles. The average Bonchev–Trinajstić information content (AvgIpc) is 3.21. The van der Waals surface area contributed by atoms with Gasteiger partial charge in [0.25, 0.3) is 5.91 Å². The predicted molar refractivity (Wildman–Crippen MR) is 131 cm³/mol. The van der Waals surface area contributed by atoms with Crippen molar-refractivity contribution in [3.8, 4) is 0 Å². The first-order chi connectivity index (χ1) is 16.3. The van der Waals surface area contributed by atoms with Gasteiger partial charge in [-0.1, -0.05) is 54.7 Å². The summed E-state index contributed by atoms with van der Waals surface area (Å²) >= 11 is 1.23. The van der Waals surface area contributed by atoms with Crippen molar-refractivity contribution >= 4 is 37.5 Å². The summed E-state index contributed by atoms with van der Waals surface area (Å²) in [7, 11) is -3.74. The maximum Gasteiger partial charge on any atom is 0.279 e. The summed E-state index contributed by atoms with van der Waals surface area (Å²) < 4.78 is 44.3. The number of hydrogen-bond acceptors (Lipinski definition) is 4. The van der Waals surface area contributed by atoms with Gasteiger partial charge in [-0.15, -0.1) is 0 Å². The van der Waals surface area contributed by atoms with Gasteiger partial charge in [0.05, 0.1) is 15.1 Å². The number of amides is 1. The van der Waals surface area contributed by atoms with Crippen molar-refractivity contribution in [1.82, 2.24) is 8.87 Å². The number of aromatic nitrogens is 1. The number of fused-ring (bicyclic) bond motifs is 1. The van der Waals surface area contributed by atoms with Crippen LogP contribution in [0.4, 0.5) is 4.39 Å². The summed E-state index contributed by atoms with van der Waals surface area (Å²) in [6.45, 7) is 4.67. The molecule has 0 spiro atoms. The van der Waals surface area contributed by atoms with Gasteiger partial charge in [0.1, 0.15) is 5.82 Å². The zero-order chi connectivity index (χ0) is 24.3. The minimum atomic E-state index is -3.74. The van der Waals surface area contributed by atoms with Crippen molar-refractivity contribution < 1.29 is 17.6 Å². The van der Waals surface area contributed by atoms with Crippen molar-refractivity contribution in [3.05, 3.63) is 94.5 Å². The topological polar surface area (TPSA) is 71.7 Å². The number of thiazole rings is 1.